The molecule has 2 heterocycles. The van der Waals surface area contributed by atoms with Gasteiger partial charge in [-0.25, -0.2) is 0 Å². The summed E-state index contributed by atoms with van der Waals surface area (Å²) in [5, 5.41) is 0. The topological polar surface area (TPSA) is 63.4 Å². The summed E-state index contributed by atoms with van der Waals surface area (Å²) in [6.07, 6.45) is 7.46. The van der Waals surface area contributed by atoms with Crippen LogP contribution in [-0.2, 0) is 9.59 Å². The second-order valence-electron chi connectivity index (χ2n) is 5.35. The monoisotopic (exact) mass is 238 g/mol. The van der Waals surface area contributed by atoms with Crippen molar-refractivity contribution in [2.24, 2.45) is 5.73 Å². The Bertz CT molecular complexity index is 288. The van der Waals surface area contributed by atoms with Crippen LogP contribution in [0.2, 0.25) is 0 Å². The van der Waals surface area contributed by atoms with Crippen LogP contribution in [0.1, 0.15) is 51.4 Å². The van der Waals surface area contributed by atoms with Crippen molar-refractivity contribution in [2.75, 3.05) is 6.54 Å². The summed E-state index contributed by atoms with van der Waals surface area (Å²) in [4.78, 5) is 24.7. The molecule has 2 aliphatic rings. The third kappa shape index (κ3) is 3.28. The molecule has 1 amide bonds. The van der Waals surface area contributed by atoms with Gasteiger partial charge >= 0.3 is 0 Å². The molecule has 0 aromatic heterocycles. The molecule has 2 rings (SSSR count). The number of unbranched alkanes of at least 4 members (excludes halogenated alkanes) is 1. The Morgan fingerprint density at radius 1 is 1.24 bits per heavy atom. The number of Topliss-reactive ketones (excluding diaryl/α,β-unsaturated/α-hetero) is 1. The number of rotatable bonds is 5. The number of nitrogens with two attached hydrogens (primary N) is 1. The minimum absolute atomic E-state index is 0.209. The van der Waals surface area contributed by atoms with Gasteiger partial charge in [-0.3, -0.25) is 14.5 Å². The molecule has 2 atom stereocenters. The van der Waals surface area contributed by atoms with Gasteiger partial charge < -0.3 is 5.73 Å². The van der Waals surface area contributed by atoms with Crippen molar-refractivity contribution in [3.63, 3.8) is 0 Å². The van der Waals surface area contributed by atoms with Crippen molar-refractivity contribution >= 4 is 11.7 Å². The second kappa shape index (κ2) is 5.63. The number of nitrogens with zero attached hydrogens (tertiary/aromatic N) is 1. The fourth-order valence-corrected chi connectivity index (χ4v) is 3.23. The summed E-state index contributed by atoms with van der Waals surface area (Å²) in [6, 6.07) is 0.951. The molecular formula is C13H22N2O2. The quantitative estimate of drug-likeness (QED) is 0.733. The molecule has 17 heavy (non-hydrogen) atoms. The number of hydrogen-bond donors (Lipinski definition) is 1. The average molecular weight is 238 g/mol. The maximum absolute atomic E-state index is 11.6. The average Bonchev–Trinajstić information content (AvgIpc) is 2.24. The highest BCUT2D eigenvalue weighted by atomic mass is 16.1. The van der Waals surface area contributed by atoms with E-state index in [4.69, 9.17) is 5.73 Å². The van der Waals surface area contributed by atoms with Gasteiger partial charge in [0.15, 0.2) is 0 Å². The van der Waals surface area contributed by atoms with Gasteiger partial charge in [-0.15, -0.1) is 0 Å². The molecule has 0 aromatic rings. The molecular weight excluding hydrogens is 216 g/mol. The zero-order chi connectivity index (χ0) is 12.3. The molecule has 2 saturated heterocycles. The molecule has 0 aromatic carbocycles. The van der Waals surface area contributed by atoms with Gasteiger partial charge in [0.05, 0.1) is 0 Å². The predicted octanol–water partition coefficient (Wildman–Crippen LogP) is 1.23. The van der Waals surface area contributed by atoms with E-state index in [0.29, 0.717) is 24.3 Å². The summed E-state index contributed by atoms with van der Waals surface area (Å²) in [6.45, 7) is 1.02. The van der Waals surface area contributed by atoms with Crippen LogP contribution < -0.4 is 5.73 Å². The van der Waals surface area contributed by atoms with E-state index in [0.717, 1.165) is 45.1 Å². The summed E-state index contributed by atoms with van der Waals surface area (Å²) in [5.41, 5.74) is 5.12. The van der Waals surface area contributed by atoms with Gasteiger partial charge in [0.25, 0.3) is 0 Å². The molecule has 0 aliphatic carbocycles. The maximum Gasteiger partial charge on any atom is 0.217 e. The number of fused-ring (bicyclic) bond motifs is 2. The third-order valence-corrected chi connectivity index (χ3v) is 4.03. The van der Waals surface area contributed by atoms with Crippen LogP contribution in [-0.4, -0.2) is 35.2 Å². The largest absolute Gasteiger partial charge is 0.370 e. The Kier molecular flexibility index (Phi) is 4.15. The number of primary amides is 1. The number of amides is 1. The van der Waals surface area contributed by atoms with Crippen molar-refractivity contribution in [3.8, 4) is 0 Å². The lowest BCUT2D eigenvalue weighted by molar-refractivity contribution is -0.127. The van der Waals surface area contributed by atoms with Crippen molar-refractivity contribution in [2.45, 2.75) is 63.5 Å². The zero-order valence-electron chi connectivity index (χ0n) is 10.4. The molecule has 2 fully saturated rings. The number of carbonyl (C=O) groups excluding carboxylic acids is 2. The van der Waals surface area contributed by atoms with Crippen LogP contribution in [0.4, 0.5) is 0 Å². The molecule has 4 nitrogen and oxygen atoms in total. The fourth-order valence-electron chi connectivity index (χ4n) is 3.23. The minimum atomic E-state index is -0.209. The normalized spacial score (nSPS) is 29.3. The first-order valence-electron chi connectivity index (χ1n) is 6.72. The smallest absolute Gasteiger partial charge is 0.217 e. The number of ketones is 1. The van der Waals surface area contributed by atoms with E-state index < -0.39 is 0 Å². The van der Waals surface area contributed by atoms with Gasteiger partial charge in [-0.05, 0) is 32.2 Å². The van der Waals surface area contributed by atoms with Gasteiger partial charge in [-0.1, -0.05) is 6.42 Å². The van der Waals surface area contributed by atoms with Crippen LogP contribution in [0.15, 0.2) is 0 Å². The Labute approximate surface area is 103 Å². The first kappa shape index (κ1) is 12.6. The van der Waals surface area contributed by atoms with Crippen LogP contribution >= 0.6 is 0 Å². The van der Waals surface area contributed by atoms with E-state index in [9.17, 15) is 9.59 Å². The van der Waals surface area contributed by atoms with Gasteiger partial charge in [0.2, 0.25) is 5.91 Å². The van der Waals surface area contributed by atoms with E-state index in [1.165, 1.54) is 6.42 Å². The molecule has 2 aliphatic heterocycles. The molecule has 2 unspecified atom stereocenters. The SMILES string of the molecule is NC(=O)CCCCN1C2CCCC1CC(=O)C2. The lowest BCUT2D eigenvalue weighted by Crippen LogP contribution is -2.52. The van der Waals surface area contributed by atoms with E-state index in [1.807, 2.05) is 0 Å². The zero-order valence-corrected chi connectivity index (χ0v) is 10.4. The highest BCUT2D eigenvalue weighted by Crippen LogP contribution is 2.32. The van der Waals surface area contributed by atoms with Crippen LogP contribution in [0.3, 0.4) is 0 Å². The Balaban J connectivity index is 1.79. The van der Waals surface area contributed by atoms with E-state index in [2.05, 4.69) is 4.90 Å². The Hall–Kier alpha value is -0.900. The molecule has 4 heteroatoms. The number of hydrogen-bond acceptors (Lipinski definition) is 3. The highest BCUT2D eigenvalue weighted by molar-refractivity contribution is 5.80. The van der Waals surface area contributed by atoms with E-state index in [-0.39, 0.29) is 5.91 Å². The van der Waals surface area contributed by atoms with Gasteiger partial charge in [0.1, 0.15) is 5.78 Å². The van der Waals surface area contributed by atoms with E-state index in [1.54, 1.807) is 0 Å². The summed E-state index contributed by atoms with van der Waals surface area (Å²) in [7, 11) is 0. The number of piperidine rings is 2. The first-order valence-corrected chi connectivity index (χ1v) is 6.72. The molecule has 0 saturated carbocycles. The minimum Gasteiger partial charge on any atom is -0.370 e. The predicted molar refractivity (Wildman–Crippen MR) is 65.4 cm³/mol. The molecule has 2 bridgehead atoms. The van der Waals surface area contributed by atoms with Crippen molar-refractivity contribution in [1.29, 1.82) is 0 Å². The summed E-state index contributed by atoms with van der Waals surface area (Å²) < 4.78 is 0. The third-order valence-electron chi connectivity index (χ3n) is 4.03. The van der Waals surface area contributed by atoms with Gasteiger partial charge in [0, 0.05) is 31.3 Å². The van der Waals surface area contributed by atoms with Crippen molar-refractivity contribution in [3.05, 3.63) is 0 Å². The lowest BCUT2D eigenvalue weighted by atomic mass is 9.83. The molecule has 2 N–H and O–H groups in total. The van der Waals surface area contributed by atoms with Crippen LogP contribution in [0.5, 0.6) is 0 Å². The standard InChI is InChI=1S/C13H22N2O2/c14-13(17)6-1-2-7-15-10-4-3-5-11(15)9-12(16)8-10/h10-11H,1-9H2,(H2,14,17). The van der Waals surface area contributed by atoms with Crippen LogP contribution in [0, 0.1) is 0 Å². The van der Waals surface area contributed by atoms with E-state index >= 15 is 0 Å². The van der Waals surface area contributed by atoms with Crippen LogP contribution in [0.25, 0.3) is 0 Å². The van der Waals surface area contributed by atoms with Crippen molar-refractivity contribution in [1.82, 2.24) is 4.90 Å². The first-order chi connectivity index (χ1) is 8.16. The molecule has 0 radical (unpaired) electrons. The number of carbonyl (C=O) groups is 2. The lowest BCUT2D eigenvalue weighted by Gasteiger charge is -2.45. The molecule has 0 spiro atoms. The highest BCUT2D eigenvalue weighted by Gasteiger charge is 2.36. The summed E-state index contributed by atoms with van der Waals surface area (Å²) in [5.74, 6) is 0.229. The Morgan fingerprint density at radius 2 is 1.88 bits per heavy atom. The molecule has 96 valence electrons. The fraction of sp³-hybridized carbons (Fsp3) is 0.846. The maximum atomic E-state index is 11.6. The van der Waals surface area contributed by atoms with Gasteiger partial charge in [-0.2, -0.15) is 0 Å². The summed E-state index contributed by atoms with van der Waals surface area (Å²) >= 11 is 0. The Morgan fingerprint density at radius 3 is 2.47 bits per heavy atom. The second-order valence-corrected chi connectivity index (χ2v) is 5.35. The van der Waals surface area contributed by atoms with Crippen molar-refractivity contribution < 1.29 is 9.59 Å².